The van der Waals surface area contributed by atoms with E-state index in [1.54, 1.807) is 19.9 Å². The Morgan fingerprint density at radius 2 is 1.83 bits per heavy atom. The summed E-state index contributed by atoms with van der Waals surface area (Å²) >= 11 is 11.2. The molecule has 0 saturated carbocycles. The molecule has 1 N–H and O–H groups in total. The quantitative estimate of drug-likeness (QED) is 0.311. The number of benzene rings is 2. The maximum Gasteiger partial charge on any atom is 0.257 e. The molecule has 0 aliphatic heterocycles. The predicted molar refractivity (Wildman–Crippen MR) is 148 cm³/mol. The summed E-state index contributed by atoms with van der Waals surface area (Å²) < 4.78 is 27.9. The van der Waals surface area contributed by atoms with Crippen molar-refractivity contribution in [2.45, 2.75) is 51.0 Å². The third kappa shape index (κ3) is 5.04. The predicted octanol–water partition coefficient (Wildman–Crippen LogP) is 6.47. The highest BCUT2D eigenvalue weighted by Crippen LogP contribution is 2.41. The number of hydrogen-bond acceptors (Lipinski definition) is 5. The van der Waals surface area contributed by atoms with Crippen LogP contribution in [-0.2, 0) is 22.9 Å². The van der Waals surface area contributed by atoms with Crippen molar-refractivity contribution in [3.05, 3.63) is 78.6 Å². The number of halogens is 2. The Morgan fingerprint density at radius 1 is 1.11 bits per heavy atom. The molecule has 36 heavy (non-hydrogen) atoms. The Labute approximate surface area is 228 Å². The number of sulfonamides is 1. The van der Waals surface area contributed by atoms with Crippen LogP contribution in [0.5, 0.6) is 0 Å². The molecule has 0 bridgehead atoms. The van der Waals surface area contributed by atoms with Gasteiger partial charge in [-0.15, -0.1) is 11.3 Å². The SMILES string of the molecule is Cc1ccc(C(=O)c2c(NC(=O)c3cc(S(=O)(=O)N(C)C(C)C)ccc3Cl)sc3c2CCC3)c(Br)c1. The Balaban J connectivity index is 1.72. The first kappa shape index (κ1) is 27.0. The molecule has 4 rings (SSSR count). The molecule has 1 heterocycles. The lowest BCUT2D eigenvalue weighted by atomic mass is 9.99. The Bertz CT molecular complexity index is 1480. The zero-order valence-electron chi connectivity index (χ0n) is 20.3. The second-order valence-electron chi connectivity index (χ2n) is 9.08. The summed E-state index contributed by atoms with van der Waals surface area (Å²) in [5.41, 5.74) is 3.03. The molecular formula is C26H26BrClN2O4S2. The fourth-order valence-electron chi connectivity index (χ4n) is 4.12. The van der Waals surface area contributed by atoms with Gasteiger partial charge in [0.2, 0.25) is 10.0 Å². The van der Waals surface area contributed by atoms with Gasteiger partial charge in [-0.1, -0.05) is 33.6 Å². The number of rotatable bonds is 7. The summed E-state index contributed by atoms with van der Waals surface area (Å²) in [5, 5.41) is 3.43. The highest BCUT2D eigenvalue weighted by Gasteiger charge is 2.30. The normalized spacial score (nSPS) is 13.3. The van der Waals surface area contributed by atoms with Crippen LogP contribution in [0.2, 0.25) is 5.02 Å². The van der Waals surface area contributed by atoms with E-state index < -0.39 is 15.9 Å². The maximum absolute atomic E-state index is 13.6. The Morgan fingerprint density at radius 3 is 2.50 bits per heavy atom. The van der Waals surface area contributed by atoms with Crippen molar-refractivity contribution in [2.24, 2.45) is 0 Å². The zero-order chi connectivity index (χ0) is 26.4. The third-order valence-electron chi connectivity index (χ3n) is 6.33. The molecule has 1 amide bonds. The molecule has 0 radical (unpaired) electrons. The molecule has 6 nitrogen and oxygen atoms in total. The first-order chi connectivity index (χ1) is 16.9. The average molecular weight is 610 g/mol. The van der Waals surface area contributed by atoms with Gasteiger partial charge in [0.1, 0.15) is 5.00 Å². The van der Waals surface area contributed by atoms with Crippen molar-refractivity contribution in [1.29, 1.82) is 0 Å². The fourth-order valence-corrected chi connectivity index (χ4v) is 7.68. The highest BCUT2D eigenvalue weighted by molar-refractivity contribution is 9.10. The average Bonchev–Trinajstić information content (AvgIpc) is 3.39. The van der Waals surface area contributed by atoms with E-state index in [4.69, 9.17) is 11.6 Å². The molecule has 0 saturated heterocycles. The number of thiophene rings is 1. The van der Waals surface area contributed by atoms with E-state index >= 15 is 0 Å². The van der Waals surface area contributed by atoms with E-state index in [-0.39, 0.29) is 27.3 Å². The van der Waals surface area contributed by atoms with Crippen LogP contribution < -0.4 is 5.32 Å². The van der Waals surface area contributed by atoms with Gasteiger partial charge >= 0.3 is 0 Å². The molecule has 1 aliphatic carbocycles. The van der Waals surface area contributed by atoms with Crippen molar-refractivity contribution in [1.82, 2.24) is 4.31 Å². The molecule has 0 unspecified atom stereocenters. The van der Waals surface area contributed by atoms with Crippen molar-refractivity contribution in [3.8, 4) is 0 Å². The van der Waals surface area contributed by atoms with E-state index in [2.05, 4.69) is 21.2 Å². The van der Waals surface area contributed by atoms with Crippen LogP contribution in [0.4, 0.5) is 5.00 Å². The van der Waals surface area contributed by atoms with Crippen molar-refractivity contribution < 1.29 is 18.0 Å². The van der Waals surface area contributed by atoms with E-state index in [1.165, 1.54) is 40.9 Å². The Hall–Kier alpha value is -2.04. The lowest BCUT2D eigenvalue weighted by molar-refractivity contribution is 0.102. The van der Waals surface area contributed by atoms with Crippen LogP contribution in [0, 0.1) is 6.92 Å². The van der Waals surface area contributed by atoms with Gasteiger partial charge in [0.15, 0.2) is 5.78 Å². The van der Waals surface area contributed by atoms with E-state index in [0.29, 0.717) is 20.6 Å². The van der Waals surface area contributed by atoms with Gasteiger partial charge in [-0.3, -0.25) is 9.59 Å². The number of carbonyl (C=O) groups excluding carboxylic acids is 2. The molecule has 0 spiro atoms. The minimum atomic E-state index is -3.81. The third-order valence-corrected chi connectivity index (χ3v) is 10.6. The summed E-state index contributed by atoms with van der Waals surface area (Å²) in [4.78, 5) is 28.0. The molecule has 190 valence electrons. The number of ketones is 1. The van der Waals surface area contributed by atoms with Gasteiger partial charge in [0.25, 0.3) is 5.91 Å². The number of aryl methyl sites for hydroxylation is 2. The van der Waals surface area contributed by atoms with Gasteiger partial charge in [-0.25, -0.2) is 8.42 Å². The van der Waals surface area contributed by atoms with Crippen molar-refractivity contribution in [3.63, 3.8) is 0 Å². The number of nitrogens with one attached hydrogen (secondary N) is 1. The van der Waals surface area contributed by atoms with Crippen LogP contribution >= 0.6 is 38.9 Å². The van der Waals surface area contributed by atoms with Crippen LogP contribution in [0.1, 0.15) is 62.6 Å². The summed E-state index contributed by atoms with van der Waals surface area (Å²) in [7, 11) is -2.32. The first-order valence-corrected chi connectivity index (χ1v) is 14.9. The Kier molecular flexibility index (Phi) is 7.78. The maximum atomic E-state index is 13.6. The number of nitrogens with zero attached hydrogens (tertiary/aromatic N) is 1. The second-order valence-corrected chi connectivity index (χ2v) is 13.4. The van der Waals surface area contributed by atoms with Gasteiger partial charge in [-0.05, 0) is 81.5 Å². The molecule has 1 aliphatic rings. The van der Waals surface area contributed by atoms with Crippen LogP contribution in [-0.4, -0.2) is 37.5 Å². The van der Waals surface area contributed by atoms with Crippen LogP contribution in [0.15, 0.2) is 45.8 Å². The summed E-state index contributed by atoms with van der Waals surface area (Å²) in [6.45, 7) is 5.48. The van der Waals surface area contributed by atoms with Crippen molar-refractivity contribution >= 4 is 65.6 Å². The number of fused-ring (bicyclic) bond motifs is 1. The number of carbonyl (C=O) groups is 2. The second kappa shape index (κ2) is 10.4. The van der Waals surface area contributed by atoms with Crippen LogP contribution in [0.3, 0.4) is 0 Å². The fraction of sp³-hybridized carbons (Fsp3) is 0.308. The van der Waals surface area contributed by atoms with E-state index in [0.717, 1.165) is 35.3 Å². The highest BCUT2D eigenvalue weighted by atomic mass is 79.9. The van der Waals surface area contributed by atoms with E-state index in [9.17, 15) is 18.0 Å². The largest absolute Gasteiger partial charge is 0.313 e. The monoisotopic (exact) mass is 608 g/mol. The summed E-state index contributed by atoms with van der Waals surface area (Å²) in [6.07, 6.45) is 2.57. The summed E-state index contributed by atoms with van der Waals surface area (Å²) in [6, 6.07) is 9.36. The minimum absolute atomic E-state index is 0.0261. The molecular weight excluding hydrogens is 584 g/mol. The molecule has 10 heteroatoms. The molecule has 0 fully saturated rings. The van der Waals surface area contributed by atoms with E-state index in [1.807, 2.05) is 19.1 Å². The van der Waals surface area contributed by atoms with Gasteiger partial charge in [-0.2, -0.15) is 4.31 Å². The van der Waals surface area contributed by atoms with Gasteiger partial charge in [0, 0.05) is 28.0 Å². The zero-order valence-corrected chi connectivity index (χ0v) is 24.3. The van der Waals surface area contributed by atoms with Crippen molar-refractivity contribution in [2.75, 3.05) is 12.4 Å². The number of anilines is 1. The molecule has 3 aromatic rings. The molecule has 1 aromatic heterocycles. The lowest BCUT2D eigenvalue weighted by Crippen LogP contribution is -2.33. The lowest BCUT2D eigenvalue weighted by Gasteiger charge is -2.21. The summed E-state index contributed by atoms with van der Waals surface area (Å²) in [5.74, 6) is -0.737. The number of hydrogen-bond donors (Lipinski definition) is 1. The van der Waals surface area contributed by atoms with Gasteiger partial charge in [0.05, 0.1) is 21.0 Å². The van der Waals surface area contributed by atoms with Crippen LogP contribution in [0.25, 0.3) is 0 Å². The topological polar surface area (TPSA) is 83.5 Å². The smallest absolute Gasteiger partial charge is 0.257 e. The first-order valence-electron chi connectivity index (χ1n) is 11.5. The van der Waals surface area contributed by atoms with Gasteiger partial charge < -0.3 is 5.32 Å². The molecule has 0 atom stereocenters. The molecule has 2 aromatic carbocycles. The standard InChI is InChI=1S/C26H26BrClN2O4S2/c1-14(2)30(4)36(33,34)16-9-11-21(28)19(13-16)25(32)29-26-23(18-6-5-7-22(18)35-26)24(31)17-10-8-15(3)12-20(17)27/h8-14H,5-7H2,1-4H3,(H,29,32). The minimum Gasteiger partial charge on any atom is -0.313 e. The number of amides is 1.